The van der Waals surface area contributed by atoms with Crippen LogP contribution >= 0.6 is 11.6 Å². The van der Waals surface area contributed by atoms with E-state index in [-0.39, 0.29) is 12.5 Å². The van der Waals surface area contributed by atoms with Crippen LogP contribution in [0.1, 0.15) is 6.92 Å². The number of aliphatic hydroxyl groups excluding tert-OH is 1. The fraction of sp³-hybridized carbons (Fsp3) is 0.400. The van der Waals surface area contributed by atoms with Crippen LogP contribution < -0.4 is 11.1 Å². The molecule has 0 fully saturated rings. The molecule has 1 aromatic rings. The summed E-state index contributed by atoms with van der Waals surface area (Å²) in [6.07, 6.45) is 0. The van der Waals surface area contributed by atoms with Gasteiger partial charge in [0.15, 0.2) is 0 Å². The third-order valence-electron chi connectivity index (χ3n) is 1.97. The first-order valence-electron chi connectivity index (χ1n) is 4.53. The van der Waals surface area contributed by atoms with Crippen molar-refractivity contribution in [2.75, 3.05) is 24.2 Å². The first kappa shape index (κ1) is 11.1. The molecule has 0 saturated heterocycles. The van der Waals surface area contributed by atoms with Crippen molar-refractivity contribution in [3.63, 3.8) is 0 Å². The lowest BCUT2D eigenvalue weighted by Crippen LogP contribution is -2.15. The van der Waals surface area contributed by atoms with Crippen LogP contribution in [0.2, 0.25) is 5.02 Å². The number of aliphatic hydroxyl groups is 1. The molecule has 0 aromatic heterocycles. The Morgan fingerprint density at radius 1 is 1.57 bits per heavy atom. The van der Waals surface area contributed by atoms with Crippen molar-refractivity contribution in [3.05, 3.63) is 23.2 Å². The van der Waals surface area contributed by atoms with Crippen LogP contribution in [0.25, 0.3) is 0 Å². The first-order valence-corrected chi connectivity index (χ1v) is 4.91. The molecular weight excluding hydrogens is 200 g/mol. The van der Waals surface area contributed by atoms with E-state index in [0.717, 1.165) is 5.69 Å². The Bertz CT molecular complexity index is 304. The number of hydrogen-bond acceptors (Lipinski definition) is 3. The van der Waals surface area contributed by atoms with E-state index in [1.54, 1.807) is 18.2 Å². The van der Waals surface area contributed by atoms with Crippen molar-refractivity contribution >= 4 is 23.0 Å². The predicted molar refractivity (Wildman–Crippen MR) is 60.6 cm³/mol. The summed E-state index contributed by atoms with van der Waals surface area (Å²) in [6, 6.07) is 5.28. The summed E-state index contributed by atoms with van der Waals surface area (Å²) in [7, 11) is 0. The summed E-state index contributed by atoms with van der Waals surface area (Å²) in [6.45, 7) is 2.79. The average molecular weight is 215 g/mol. The molecular formula is C10H15ClN2O. The second kappa shape index (κ2) is 5.08. The molecule has 3 nitrogen and oxygen atoms in total. The predicted octanol–water partition coefficient (Wildman–Crippen LogP) is 1.96. The van der Waals surface area contributed by atoms with Crippen molar-refractivity contribution in [1.82, 2.24) is 0 Å². The highest BCUT2D eigenvalue weighted by molar-refractivity contribution is 6.31. The summed E-state index contributed by atoms with van der Waals surface area (Å²) < 4.78 is 0. The molecule has 0 aliphatic heterocycles. The number of nitrogen functional groups attached to an aromatic ring is 1. The van der Waals surface area contributed by atoms with Gasteiger partial charge in [0.25, 0.3) is 0 Å². The van der Waals surface area contributed by atoms with E-state index in [1.165, 1.54) is 0 Å². The molecule has 4 heteroatoms. The molecule has 0 radical (unpaired) electrons. The number of hydrogen-bond donors (Lipinski definition) is 3. The van der Waals surface area contributed by atoms with Gasteiger partial charge in [-0.25, -0.2) is 0 Å². The SMILES string of the molecule is CC(CO)CNc1cc(Cl)ccc1N. The molecule has 78 valence electrons. The Hall–Kier alpha value is -0.930. The van der Waals surface area contributed by atoms with E-state index in [4.69, 9.17) is 22.4 Å². The van der Waals surface area contributed by atoms with Gasteiger partial charge in [-0.15, -0.1) is 0 Å². The number of halogens is 1. The topological polar surface area (TPSA) is 58.3 Å². The van der Waals surface area contributed by atoms with E-state index in [2.05, 4.69) is 5.32 Å². The maximum atomic E-state index is 8.84. The third kappa shape index (κ3) is 3.09. The van der Waals surface area contributed by atoms with Gasteiger partial charge in [0, 0.05) is 18.2 Å². The van der Waals surface area contributed by atoms with E-state index in [9.17, 15) is 0 Å². The number of nitrogens with two attached hydrogens (primary N) is 1. The van der Waals surface area contributed by atoms with E-state index >= 15 is 0 Å². The van der Waals surface area contributed by atoms with Gasteiger partial charge in [-0.05, 0) is 24.1 Å². The quantitative estimate of drug-likeness (QED) is 0.672. The Morgan fingerprint density at radius 2 is 2.29 bits per heavy atom. The molecule has 0 aliphatic carbocycles. The highest BCUT2D eigenvalue weighted by atomic mass is 35.5. The van der Waals surface area contributed by atoms with Gasteiger partial charge in [0.05, 0.1) is 11.4 Å². The number of benzene rings is 1. The molecule has 1 rings (SSSR count). The lowest BCUT2D eigenvalue weighted by atomic mass is 10.2. The molecule has 0 heterocycles. The van der Waals surface area contributed by atoms with Gasteiger partial charge in [-0.2, -0.15) is 0 Å². The van der Waals surface area contributed by atoms with Crippen molar-refractivity contribution < 1.29 is 5.11 Å². The minimum atomic E-state index is 0.160. The minimum absolute atomic E-state index is 0.160. The zero-order chi connectivity index (χ0) is 10.6. The Kier molecular flexibility index (Phi) is 4.04. The normalized spacial score (nSPS) is 12.5. The summed E-state index contributed by atoms with van der Waals surface area (Å²) in [5.74, 6) is 0.202. The van der Waals surface area contributed by atoms with Gasteiger partial charge in [0.1, 0.15) is 0 Å². The largest absolute Gasteiger partial charge is 0.397 e. The Labute approximate surface area is 88.9 Å². The van der Waals surface area contributed by atoms with Crippen molar-refractivity contribution in [3.8, 4) is 0 Å². The van der Waals surface area contributed by atoms with Gasteiger partial charge in [-0.1, -0.05) is 18.5 Å². The van der Waals surface area contributed by atoms with Crippen LogP contribution in [0.15, 0.2) is 18.2 Å². The standard InChI is InChI=1S/C10H15ClN2O/c1-7(6-14)5-13-10-4-8(11)2-3-9(10)12/h2-4,7,13-14H,5-6,12H2,1H3. The number of nitrogens with one attached hydrogen (secondary N) is 1. The fourth-order valence-electron chi connectivity index (χ4n) is 1.03. The van der Waals surface area contributed by atoms with Crippen molar-refractivity contribution in [2.45, 2.75) is 6.92 Å². The molecule has 1 atom stereocenters. The van der Waals surface area contributed by atoms with Gasteiger partial charge < -0.3 is 16.2 Å². The average Bonchev–Trinajstić information content (AvgIpc) is 2.19. The fourth-order valence-corrected chi connectivity index (χ4v) is 1.20. The van der Waals surface area contributed by atoms with Crippen molar-refractivity contribution in [2.24, 2.45) is 5.92 Å². The smallest absolute Gasteiger partial charge is 0.0588 e. The summed E-state index contributed by atoms with van der Waals surface area (Å²) in [4.78, 5) is 0. The van der Waals surface area contributed by atoms with Gasteiger partial charge >= 0.3 is 0 Å². The zero-order valence-electron chi connectivity index (χ0n) is 8.13. The zero-order valence-corrected chi connectivity index (χ0v) is 8.88. The molecule has 1 unspecified atom stereocenters. The van der Waals surface area contributed by atoms with Crippen LogP contribution in [0.5, 0.6) is 0 Å². The Balaban J connectivity index is 2.62. The molecule has 4 N–H and O–H groups in total. The van der Waals surface area contributed by atoms with Crippen LogP contribution in [0.3, 0.4) is 0 Å². The van der Waals surface area contributed by atoms with Gasteiger partial charge in [-0.3, -0.25) is 0 Å². The number of anilines is 2. The molecule has 0 bridgehead atoms. The van der Waals surface area contributed by atoms with Crippen LogP contribution in [-0.2, 0) is 0 Å². The summed E-state index contributed by atoms with van der Waals surface area (Å²) in [5.41, 5.74) is 7.22. The molecule has 14 heavy (non-hydrogen) atoms. The Morgan fingerprint density at radius 3 is 2.93 bits per heavy atom. The number of rotatable bonds is 4. The maximum absolute atomic E-state index is 8.84. The van der Waals surface area contributed by atoms with E-state index in [0.29, 0.717) is 17.3 Å². The minimum Gasteiger partial charge on any atom is -0.397 e. The molecule has 0 saturated carbocycles. The monoisotopic (exact) mass is 214 g/mol. The second-order valence-electron chi connectivity index (χ2n) is 3.40. The van der Waals surface area contributed by atoms with E-state index in [1.807, 2.05) is 6.92 Å². The lowest BCUT2D eigenvalue weighted by molar-refractivity contribution is 0.244. The van der Waals surface area contributed by atoms with E-state index < -0.39 is 0 Å². The maximum Gasteiger partial charge on any atom is 0.0588 e. The van der Waals surface area contributed by atoms with Crippen LogP contribution in [0, 0.1) is 5.92 Å². The first-order chi connectivity index (χ1) is 6.63. The second-order valence-corrected chi connectivity index (χ2v) is 3.84. The molecule has 0 amide bonds. The van der Waals surface area contributed by atoms with Gasteiger partial charge in [0.2, 0.25) is 0 Å². The molecule has 0 spiro atoms. The van der Waals surface area contributed by atoms with Crippen LogP contribution in [-0.4, -0.2) is 18.3 Å². The lowest BCUT2D eigenvalue weighted by Gasteiger charge is -2.12. The molecule has 0 aliphatic rings. The third-order valence-corrected chi connectivity index (χ3v) is 2.20. The highest BCUT2D eigenvalue weighted by Crippen LogP contribution is 2.22. The summed E-state index contributed by atoms with van der Waals surface area (Å²) in [5, 5.41) is 12.6. The van der Waals surface area contributed by atoms with Crippen LogP contribution in [0.4, 0.5) is 11.4 Å². The molecule has 1 aromatic carbocycles. The van der Waals surface area contributed by atoms with Crippen molar-refractivity contribution in [1.29, 1.82) is 0 Å². The summed E-state index contributed by atoms with van der Waals surface area (Å²) >= 11 is 5.82. The highest BCUT2D eigenvalue weighted by Gasteiger charge is 2.02.